The number of halogens is 1. The van der Waals surface area contributed by atoms with E-state index in [2.05, 4.69) is 9.97 Å². The first-order chi connectivity index (χ1) is 5.66. The van der Waals surface area contributed by atoms with Crippen LogP contribution in [0.4, 0.5) is 5.69 Å². The van der Waals surface area contributed by atoms with Gasteiger partial charge in [0.05, 0.1) is 11.4 Å². The summed E-state index contributed by atoms with van der Waals surface area (Å²) in [6.07, 6.45) is 0. The van der Waals surface area contributed by atoms with Crippen LogP contribution in [0.5, 0.6) is 0 Å². The summed E-state index contributed by atoms with van der Waals surface area (Å²) in [5, 5.41) is 0.0856. The van der Waals surface area contributed by atoms with Crippen molar-refractivity contribution in [2.24, 2.45) is 0 Å². The van der Waals surface area contributed by atoms with Crippen LogP contribution in [-0.4, -0.2) is 9.97 Å². The Morgan fingerprint density at radius 3 is 3.00 bits per heavy atom. The molecule has 0 fully saturated rings. The number of rotatable bonds is 0. The normalized spacial score (nSPS) is 10.8. The molecule has 12 heavy (non-hydrogen) atoms. The van der Waals surface area contributed by atoms with Crippen molar-refractivity contribution in [3.63, 3.8) is 0 Å². The highest BCUT2D eigenvalue weighted by Crippen LogP contribution is 2.20. The Morgan fingerprint density at radius 2 is 2.25 bits per heavy atom. The molecule has 0 saturated carbocycles. The second kappa shape index (κ2) is 2.35. The van der Waals surface area contributed by atoms with E-state index in [9.17, 15) is 0 Å². The lowest BCUT2D eigenvalue weighted by atomic mass is 10.3. The maximum Gasteiger partial charge on any atom is 0.294 e. The number of nitrogens with two attached hydrogens (primary N) is 1. The van der Waals surface area contributed by atoms with Crippen molar-refractivity contribution in [2.75, 3.05) is 5.73 Å². The summed E-state index contributed by atoms with van der Waals surface area (Å²) in [6.45, 7) is 1.80. The van der Waals surface area contributed by atoms with Crippen LogP contribution in [0, 0.1) is 6.92 Å². The van der Waals surface area contributed by atoms with Gasteiger partial charge in [0.1, 0.15) is 5.52 Å². The number of oxazole rings is 1. The number of anilines is 1. The molecule has 0 aromatic carbocycles. The molecule has 4 nitrogen and oxygen atoms in total. The highest BCUT2D eigenvalue weighted by molar-refractivity contribution is 6.28. The van der Waals surface area contributed by atoms with E-state index in [1.807, 2.05) is 0 Å². The zero-order valence-electron chi connectivity index (χ0n) is 6.34. The quantitative estimate of drug-likeness (QED) is 0.676. The van der Waals surface area contributed by atoms with Crippen LogP contribution in [0.3, 0.4) is 0 Å². The Morgan fingerprint density at radius 1 is 1.50 bits per heavy atom. The fourth-order valence-electron chi connectivity index (χ4n) is 0.940. The molecule has 2 heterocycles. The lowest BCUT2D eigenvalue weighted by Gasteiger charge is -1.95. The molecule has 0 aliphatic carbocycles. The van der Waals surface area contributed by atoms with Crippen molar-refractivity contribution in [1.29, 1.82) is 0 Å². The van der Waals surface area contributed by atoms with E-state index in [1.165, 1.54) is 0 Å². The topological polar surface area (TPSA) is 64.9 Å². The lowest BCUT2D eigenvalue weighted by Crippen LogP contribution is -1.91. The smallest absolute Gasteiger partial charge is 0.294 e. The van der Waals surface area contributed by atoms with E-state index in [-0.39, 0.29) is 5.35 Å². The molecule has 0 amide bonds. The molecule has 0 atom stereocenters. The maximum atomic E-state index is 5.61. The van der Waals surface area contributed by atoms with E-state index in [4.69, 9.17) is 21.8 Å². The van der Waals surface area contributed by atoms with Crippen molar-refractivity contribution in [3.05, 3.63) is 17.1 Å². The average molecular weight is 184 g/mol. The van der Waals surface area contributed by atoms with Gasteiger partial charge in [0.15, 0.2) is 0 Å². The molecular formula is C7H6ClN3O. The van der Waals surface area contributed by atoms with Gasteiger partial charge in [-0.05, 0) is 24.6 Å². The van der Waals surface area contributed by atoms with E-state index in [0.29, 0.717) is 16.9 Å². The molecule has 2 aromatic heterocycles. The highest BCUT2D eigenvalue weighted by Gasteiger charge is 2.06. The average Bonchev–Trinajstić information content (AvgIpc) is 2.30. The van der Waals surface area contributed by atoms with Crippen LogP contribution < -0.4 is 5.73 Å². The number of hydrogen-bond acceptors (Lipinski definition) is 4. The first-order valence-corrected chi connectivity index (χ1v) is 3.74. The molecule has 2 N–H and O–H groups in total. The van der Waals surface area contributed by atoms with Crippen molar-refractivity contribution < 1.29 is 4.42 Å². The van der Waals surface area contributed by atoms with Gasteiger partial charge < -0.3 is 10.2 Å². The maximum absolute atomic E-state index is 5.61. The van der Waals surface area contributed by atoms with Crippen molar-refractivity contribution in [1.82, 2.24) is 9.97 Å². The lowest BCUT2D eigenvalue weighted by molar-refractivity contribution is 0.592. The van der Waals surface area contributed by atoms with Gasteiger partial charge in [-0.25, -0.2) is 4.98 Å². The number of nitrogen functional groups attached to an aromatic ring is 1. The van der Waals surface area contributed by atoms with Crippen molar-refractivity contribution >= 4 is 28.5 Å². The second-order valence-corrected chi connectivity index (χ2v) is 2.78. The molecule has 0 unspecified atom stereocenters. The highest BCUT2D eigenvalue weighted by atomic mass is 35.5. The van der Waals surface area contributed by atoms with Crippen LogP contribution in [0.15, 0.2) is 10.5 Å². The standard InChI is InChI=1S/C7H6ClN3O/c1-3-4(9)2-5-6(10-3)12-7(8)11-5/h2H,9H2,1H3. The summed E-state index contributed by atoms with van der Waals surface area (Å²) >= 11 is 5.53. The van der Waals surface area contributed by atoms with E-state index < -0.39 is 0 Å². The van der Waals surface area contributed by atoms with Gasteiger partial charge in [-0.2, -0.15) is 4.98 Å². The first kappa shape index (κ1) is 7.36. The number of pyridine rings is 1. The Kier molecular flexibility index (Phi) is 1.44. The van der Waals surface area contributed by atoms with E-state index in [1.54, 1.807) is 13.0 Å². The molecule has 0 aliphatic rings. The van der Waals surface area contributed by atoms with Crippen LogP contribution in [-0.2, 0) is 0 Å². The monoisotopic (exact) mass is 183 g/mol. The Balaban J connectivity index is 2.83. The third-order valence-electron chi connectivity index (χ3n) is 1.59. The van der Waals surface area contributed by atoms with Crippen molar-refractivity contribution in [2.45, 2.75) is 6.92 Å². The largest absolute Gasteiger partial charge is 0.408 e. The predicted molar refractivity (Wildman–Crippen MR) is 46.0 cm³/mol. The fraction of sp³-hybridized carbons (Fsp3) is 0.143. The van der Waals surface area contributed by atoms with Crippen LogP contribution in [0.2, 0.25) is 5.35 Å². The summed E-state index contributed by atoms with van der Waals surface area (Å²) in [6, 6.07) is 1.69. The minimum atomic E-state index is 0.0856. The third-order valence-corrected chi connectivity index (χ3v) is 1.75. The molecule has 2 rings (SSSR count). The van der Waals surface area contributed by atoms with Crippen LogP contribution >= 0.6 is 11.6 Å². The number of aryl methyl sites for hydroxylation is 1. The summed E-state index contributed by atoms with van der Waals surface area (Å²) in [5.74, 6) is 0. The summed E-state index contributed by atoms with van der Waals surface area (Å²) in [4.78, 5) is 7.93. The first-order valence-electron chi connectivity index (χ1n) is 3.36. The Hall–Kier alpha value is -1.29. The number of nitrogens with zero attached hydrogens (tertiary/aromatic N) is 2. The van der Waals surface area contributed by atoms with Gasteiger partial charge in [-0.15, -0.1) is 0 Å². The summed E-state index contributed by atoms with van der Waals surface area (Å²) < 4.78 is 4.99. The molecule has 0 saturated heterocycles. The Labute approximate surface area is 73.4 Å². The van der Waals surface area contributed by atoms with E-state index in [0.717, 1.165) is 5.69 Å². The number of fused-ring (bicyclic) bond motifs is 1. The SMILES string of the molecule is Cc1nc2oc(Cl)nc2cc1N. The second-order valence-electron chi connectivity index (χ2n) is 2.45. The molecule has 0 radical (unpaired) electrons. The van der Waals surface area contributed by atoms with E-state index >= 15 is 0 Å². The molecule has 62 valence electrons. The minimum Gasteiger partial charge on any atom is -0.408 e. The summed E-state index contributed by atoms with van der Waals surface area (Å²) in [5.41, 5.74) is 7.93. The third kappa shape index (κ3) is 1.00. The minimum absolute atomic E-state index is 0.0856. The predicted octanol–water partition coefficient (Wildman–Crippen LogP) is 1.77. The zero-order chi connectivity index (χ0) is 8.72. The fourth-order valence-corrected chi connectivity index (χ4v) is 1.10. The number of aromatic nitrogens is 2. The van der Waals surface area contributed by atoms with Gasteiger partial charge in [0.25, 0.3) is 5.35 Å². The zero-order valence-corrected chi connectivity index (χ0v) is 7.09. The molecule has 0 spiro atoms. The molecule has 0 bridgehead atoms. The number of hydrogen-bond donors (Lipinski definition) is 1. The van der Waals surface area contributed by atoms with Crippen molar-refractivity contribution in [3.8, 4) is 0 Å². The van der Waals surface area contributed by atoms with Gasteiger partial charge in [-0.3, -0.25) is 0 Å². The van der Waals surface area contributed by atoms with Crippen LogP contribution in [0.25, 0.3) is 11.2 Å². The summed E-state index contributed by atoms with van der Waals surface area (Å²) in [7, 11) is 0. The Bertz CT molecular complexity index is 398. The molecule has 2 aromatic rings. The molecule has 5 heteroatoms. The van der Waals surface area contributed by atoms with Gasteiger partial charge in [-0.1, -0.05) is 0 Å². The van der Waals surface area contributed by atoms with Gasteiger partial charge >= 0.3 is 0 Å². The van der Waals surface area contributed by atoms with Gasteiger partial charge in [0, 0.05) is 0 Å². The molecule has 0 aliphatic heterocycles. The molecular weight excluding hydrogens is 178 g/mol. The van der Waals surface area contributed by atoms with Crippen LogP contribution in [0.1, 0.15) is 5.69 Å². The van der Waals surface area contributed by atoms with Gasteiger partial charge in [0.2, 0.25) is 5.71 Å².